The maximum absolute atomic E-state index is 5.36. The van der Waals surface area contributed by atoms with Crippen molar-refractivity contribution in [1.82, 2.24) is 20.1 Å². The van der Waals surface area contributed by atoms with Crippen molar-refractivity contribution >= 4 is 17.3 Å². The first-order valence-electron chi connectivity index (χ1n) is 10.7. The van der Waals surface area contributed by atoms with Gasteiger partial charge in [0.05, 0.1) is 12.2 Å². The van der Waals surface area contributed by atoms with Gasteiger partial charge in [0.15, 0.2) is 5.96 Å². The van der Waals surface area contributed by atoms with Crippen molar-refractivity contribution in [2.75, 3.05) is 46.9 Å². The maximum Gasteiger partial charge on any atom is 0.194 e. The average molecular weight is 410 g/mol. The minimum absolute atomic E-state index is 0.0501. The van der Waals surface area contributed by atoms with Crippen molar-refractivity contribution < 1.29 is 4.74 Å². The van der Waals surface area contributed by atoms with Gasteiger partial charge in [0.25, 0.3) is 0 Å². The summed E-state index contributed by atoms with van der Waals surface area (Å²) in [5, 5.41) is 6.55. The minimum atomic E-state index is 0.0501. The highest BCUT2D eigenvalue weighted by atomic mass is 32.1. The Morgan fingerprint density at radius 3 is 2.86 bits per heavy atom. The zero-order valence-corrected chi connectivity index (χ0v) is 19.2. The largest absolute Gasteiger partial charge is 0.375 e. The highest BCUT2D eigenvalue weighted by molar-refractivity contribution is 7.09. The number of ether oxygens (including phenoxy) is 1. The fraction of sp³-hybridized carbons (Fsp3) is 0.810. The van der Waals surface area contributed by atoms with E-state index in [9.17, 15) is 0 Å². The lowest BCUT2D eigenvalue weighted by Gasteiger charge is -2.30. The van der Waals surface area contributed by atoms with Crippen LogP contribution in [-0.4, -0.2) is 67.6 Å². The molecule has 1 aromatic heterocycles. The van der Waals surface area contributed by atoms with Gasteiger partial charge in [-0.15, -0.1) is 11.3 Å². The number of guanidine groups is 1. The third kappa shape index (κ3) is 7.68. The van der Waals surface area contributed by atoms with Crippen LogP contribution in [0.15, 0.2) is 10.4 Å². The van der Waals surface area contributed by atoms with Crippen molar-refractivity contribution in [2.45, 2.75) is 59.1 Å². The highest BCUT2D eigenvalue weighted by Crippen LogP contribution is 2.21. The van der Waals surface area contributed by atoms with Crippen LogP contribution in [0.1, 0.15) is 63.3 Å². The predicted molar refractivity (Wildman–Crippen MR) is 119 cm³/mol. The Kier molecular flexibility index (Phi) is 10.2. The predicted octanol–water partition coefficient (Wildman–Crippen LogP) is 3.76. The molecule has 1 fully saturated rings. The number of aliphatic imine (C=N–C) groups is 1. The summed E-state index contributed by atoms with van der Waals surface area (Å²) in [6.45, 7) is 12.8. The van der Waals surface area contributed by atoms with Crippen LogP contribution in [0.3, 0.4) is 0 Å². The molecule has 1 N–H and O–H groups in total. The Balaban J connectivity index is 1.76. The Morgan fingerprint density at radius 2 is 2.18 bits per heavy atom. The Morgan fingerprint density at radius 1 is 1.43 bits per heavy atom. The molecule has 0 radical (unpaired) electrons. The van der Waals surface area contributed by atoms with Gasteiger partial charge in [-0.1, -0.05) is 6.92 Å². The number of rotatable bonds is 10. The smallest absolute Gasteiger partial charge is 0.194 e. The molecular formula is C21H39N5OS. The summed E-state index contributed by atoms with van der Waals surface area (Å²) in [6.07, 6.45) is 5.13. The van der Waals surface area contributed by atoms with Crippen LogP contribution in [0.4, 0.5) is 0 Å². The molecule has 1 atom stereocenters. The first-order valence-corrected chi connectivity index (χ1v) is 11.6. The van der Waals surface area contributed by atoms with Crippen LogP contribution in [0.2, 0.25) is 0 Å². The second-order valence-electron chi connectivity index (χ2n) is 7.88. The summed E-state index contributed by atoms with van der Waals surface area (Å²) < 4.78 is 5.36. The standard InChI is InChI=1S/C21H39N5OS/c1-6-22-21(23-11-7-8-12-26-13-9-17(2)10-14-26)25(4)15-19-16-28-20(24-19)18(3)27-5/h16-18H,6-15H2,1-5H3,(H,22,23). The normalized spacial score (nSPS) is 17.7. The third-order valence-corrected chi connectivity index (χ3v) is 6.44. The Labute approximate surface area is 175 Å². The molecule has 1 aliphatic heterocycles. The zero-order chi connectivity index (χ0) is 20.4. The monoisotopic (exact) mass is 409 g/mol. The quantitative estimate of drug-likeness (QED) is 0.362. The number of unbranched alkanes of at least 4 members (excludes halogenated alkanes) is 1. The molecule has 7 heteroatoms. The number of nitrogens with one attached hydrogen (secondary N) is 1. The molecule has 0 aromatic carbocycles. The van der Waals surface area contributed by atoms with Gasteiger partial charge in [0, 0.05) is 32.6 Å². The number of piperidine rings is 1. The molecular weight excluding hydrogens is 370 g/mol. The Hall–Kier alpha value is -1.18. The van der Waals surface area contributed by atoms with Gasteiger partial charge >= 0.3 is 0 Å². The van der Waals surface area contributed by atoms with Crippen LogP contribution >= 0.6 is 11.3 Å². The third-order valence-electron chi connectivity index (χ3n) is 5.39. The zero-order valence-electron chi connectivity index (χ0n) is 18.4. The van der Waals surface area contributed by atoms with E-state index < -0.39 is 0 Å². The SMILES string of the molecule is CCNC(=NCCCCN1CCC(C)CC1)N(C)Cc1csc(C(C)OC)n1. The van der Waals surface area contributed by atoms with Crippen molar-refractivity contribution in [2.24, 2.45) is 10.9 Å². The molecule has 0 amide bonds. The van der Waals surface area contributed by atoms with E-state index in [1.165, 1.54) is 38.9 Å². The number of nitrogens with zero attached hydrogens (tertiary/aromatic N) is 4. The van der Waals surface area contributed by atoms with Gasteiger partial charge in [-0.05, 0) is 65.1 Å². The van der Waals surface area contributed by atoms with Gasteiger partial charge in [-0.25, -0.2) is 4.98 Å². The maximum atomic E-state index is 5.36. The molecule has 1 unspecified atom stereocenters. The van der Waals surface area contributed by atoms with Crippen LogP contribution < -0.4 is 5.32 Å². The molecule has 1 saturated heterocycles. The summed E-state index contributed by atoms with van der Waals surface area (Å²) in [7, 11) is 3.80. The van der Waals surface area contributed by atoms with Gasteiger partial charge in [0.2, 0.25) is 0 Å². The van der Waals surface area contributed by atoms with E-state index in [0.29, 0.717) is 0 Å². The highest BCUT2D eigenvalue weighted by Gasteiger charge is 2.15. The van der Waals surface area contributed by atoms with Gasteiger partial charge in [0.1, 0.15) is 11.1 Å². The van der Waals surface area contributed by atoms with Crippen molar-refractivity contribution in [3.05, 3.63) is 16.1 Å². The van der Waals surface area contributed by atoms with E-state index in [1.807, 2.05) is 6.92 Å². The fourth-order valence-corrected chi connectivity index (χ4v) is 4.23. The molecule has 1 aromatic rings. The van der Waals surface area contributed by atoms with Crippen molar-refractivity contribution in [3.8, 4) is 0 Å². The summed E-state index contributed by atoms with van der Waals surface area (Å²) in [4.78, 5) is 14.3. The first kappa shape index (κ1) is 23.1. The van der Waals surface area contributed by atoms with Crippen LogP contribution in [0.5, 0.6) is 0 Å². The topological polar surface area (TPSA) is 53.0 Å². The lowest BCUT2D eigenvalue weighted by Crippen LogP contribution is -2.38. The van der Waals surface area contributed by atoms with Crippen LogP contribution in [0, 0.1) is 5.92 Å². The van der Waals surface area contributed by atoms with E-state index in [0.717, 1.165) is 48.6 Å². The minimum Gasteiger partial charge on any atom is -0.375 e. The number of thiazole rings is 1. The number of methoxy groups -OCH3 is 1. The molecule has 0 aliphatic carbocycles. The van der Waals surface area contributed by atoms with Gasteiger partial charge in [-0.2, -0.15) is 0 Å². The number of likely N-dealkylation sites (tertiary alicyclic amines) is 1. The molecule has 0 saturated carbocycles. The second kappa shape index (κ2) is 12.4. The van der Waals surface area contributed by atoms with E-state index in [2.05, 4.69) is 41.4 Å². The van der Waals surface area contributed by atoms with E-state index in [-0.39, 0.29) is 6.10 Å². The van der Waals surface area contributed by atoms with E-state index >= 15 is 0 Å². The van der Waals surface area contributed by atoms with Crippen molar-refractivity contribution in [3.63, 3.8) is 0 Å². The fourth-order valence-electron chi connectivity index (χ4n) is 3.39. The summed E-state index contributed by atoms with van der Waals surface area (Å²) in [5.74, 6) is 1.87. The second-order valence-corrected chi connectivity index (χ2v) is 8.77. The summed E-state index contributed by atoms with van der Waals surface area (Å²) in [6, 6.07) is 0. The molecule has 2 rings (SSSR count). The van der Waals surface area contributed by atoms with Crippen LogP contribution in [-0.2, 0) is 11.3 Å². The lowest BCUT2D eigenvalue weighted by atomic mass is 9.99. The molecule has 6 nitrogen and oxygen atoms in total. The number of hydrogen-bond donors (Lipinski definition) is 1. The molecule has 1 aliphatic rings. The lowest BCUT2D eigenvalue weighted by molar-refractivity contribution is 0.119. The van der Waals surface area contributed by atoms with Gasteiger partial charge in [-0.3, -0.25) is 4.99 Å². The molecule has 0 bridgehead atoms. The Bertz CT molecular complexity index is 583. The molecule has 0 spiro atoms. The van der Waals surface area contributed by atoms with Crippen LogP contribution in [0.25, 0.3) is 0 Å². The van der Waals surface area contributed by atoms with E-state index in [1.54, 1.807) is 18.4 Å². The van der Waals surface area contributed by atoms with Gasteiger partial charge < -0.3 is 19.9 Å². The molecule has 2 heterocycles. The average Bonchev–Trinajstić information content (AvgIpc) is 3.16. The summed E-state index contributed by atoms with van der Waals surface area (Å²) in [5.41, 5.74) is 1.07. The molecule has 160 valence electrons. The van der Waals surface area contributed by atoms with Crippen molar-refractivity contribution in [1.29, 1.82) is 0 Å². The number of aromatic nitrogens is 1. The summed E-state index contributed by atoms with van der Waals surface area (Å²) >= 11 is 1.66. The molecule has 28 heavy (non-hydrogen) atoms. The van der Waals surface area contributed by atoms with E-state index in [4.69, 9.17) is 14.7 Å². The first-order chi connectivity index (χ1) is 13.5. The number of hydrogen-bond acceptors (Lipinski definition) is 5.